The molecule has 1 unspecified atom stereocenters. The molecule has 2 N–H and O–H groups in total. The van der Waals surface area contributed by atoms with Gasteiger partial charge in [-0.2, -0.15) is 0 Å². The van der Waals surface area contributed by atoms with Gasteiger partial charge in [-0.1, -0.05) is 6.92 Å². The summed E-state index contributed by atoms with van der Waals surface area (Å²) in [4.78, 5) is 25.9. The number of fused-ring (bicyclic) bond motifs is 1. The van der Waals surface area contributed by atoms with Gasteiger partial charge in [-0.15, -0.1) is 0 Å². The van der Waals surface area contributed by atoms with Crippen LogP contribution < -0.4 is 15.5 Å². The maximum absolute atomic E-state index is 12.8. The summed E-state index contributed by atoms with van der Waals surface area (Å²) in [5.74, 6) is 2.79. The number of hydrogen-bond donors (Lipinski definition) is 2. The van der Waals surface area contributed by atoms with Crippen LogP contribution in [0.2, 0.25) is 0 Å². The number of amides is 1. The van der Waals surface area contributed by atoms with Crippen LogP contribution in [-0.2, 0) is 11.3 Å². The van der Waals surface area contributed by atoms with Gasteiger partial charge in [0.05, 0.1) is 18.7 Å². The van der Waals surface area contributed by atoms with E-state index in [-0.39, 0.29) is 11.9 Å². The molecule has 7 heteroatoms. The Labute approximate surface area is 155 Å². The van der Waals surface area contributed by atoms with E-state index in [4.69, 9.17) is 0 Å². The molecule has 2 fully saturated rings. The molecule has 3 aliphatic rings. The van der Waals surface area contributed by atoms with Crippen molar-refractivity contribution in [1.29, 1.82) is 0 Å². The quantitative estimate of drug-likeness (QED) is 0.855. The lowest BCUT2D eigenvalue weighted by Gasteiger charge is -2.30. The van der Waals surface area contributed by atoms with Gasteiger partial charge in [-0.3, -0.25) is 4.79 Å². The van der Waals surface area contributed by atoms with E-state index < -0.39 is 0 Å². The number of hydrogen-bond acceptors (Lipinski definition) is 6. The first-order valence-electron chi connectivity index (χ1n) is 9.93. The number of nitrogens with one attached hydrogen (secondary N) is 2. The first-order valence-corrected chi connectivity index (χ1v) is 9.93. The fraction of sp³-hybridized carbons (Fsp3) is 0.737. The first-order chi connectivity index (χ1) is 12.6. The number of anilines is 2. The van der Waals surface area contributed by atoms with Crippen LogP contribution in [0.15, 0.2) is 6.33 Å². The van der Waals surface area contributed by atoms with Crippen molar-refractivity contribution in [2.75, 3.05) is 36.9 Å². The second-order valence-corrected chi connectivity index (χ2v) is 8.15. The molecule has 142 valence electrons. The summed E-state index contributed by atoms with van der Waals surface area (Å²) in [5, 5.41) is 7.05. The smallest absolute Gasteiger partial charge is 0.242 e. The van der Waals surface area contributed by atoms with Gasteiger partial charge in [0.25, 0.3) is 0 Å². The second-order valence-electron chi connectivity index (χ2n) is 8.15. The molecule has 1 saturated carbocycles. The van der Waals surface area contributed by atoms with E-state index in [1.807, 2.05) is 16.8 Å². The van der Waals surface area contributed by atoms with Gasteiger partial charge in [-0.25, -0.2) is 9.97 Å². The molecule has 3 heterocycles. The molecule has 0 spiro atoms. The number of carbonyl (C=O) groups excluding carboxylic acids is 1. The predicted octanol–water partition coefficient (Wildman–Crippen LogP) is 1.61. The third kappa shape index (κ3) is 3.49. The standard InChI is InChI=1S/C19H30N6O/c1-13-3-5-14(6-4-13)23-18-16-10-25(15-7-8-20-9-15)17(26)11-24(2)19(16)22-12-21-18/h12-15,20H,3-11H2,1-2H3,(H,21,22,23). The van der Waals surface area contributed by atoms with Gasteiger partial charge in [0.15, 0.2) is 0 Å². The zero-order valence-corrected chi connectivity index (χ0v) is 15.9. The highest BCUT2D eigenvalue weighted by Gasteiger charge is 2.33. The summed E-state index contributed by atoms with van der Waals surface area (Å²) < 4.78 is 0. The van der Waals surface area contributed by atoms with Crippen molar-refractivity contribution in [2.24, 2.45) is 5.92 Å². The Morgan fingerprint density at radius 2 is 1.96 bits per heavy atom. The molecule has 26 heavy (non-hydrogen) atoms. The fourth-order valence-electron chi connectivity index (χ4n) is 4.47. The minimum Gasteiger partial charge on any atom is -0.367 e. The number of nitrogens with zero attached hydrogens (tertiary/aromatic N) is 4. The molecule has 1 amide bonds. The SMILES string of the molecule is CC1CCC(Nc2ncnc3c2CN(C2CCNC2)C(=O)CN3C)CC1. The van der Waals surface area contributed by atoms with Crippen molar-refractivity contribution < 1.29 is 4.79 Å². The third-order valence-corrected chi connectivity index (χ3v) is 6.14. The third-order valence-electron chi connectivity index (χ3n) is 6.14. The topological polar surface area (TPSA) is 73.4 Å². The zero-order valence-electron chi connectivity index (χ0n) is 15.9. The van der Waals surface area contributed by atoms with Crippen LogP contribution >= 0.6 is 0 Å². The van der Waals surface area contributed by atoms with Gasteiger partial charge in [0.1, 0.15) is 18.0 Å². The Balaban J connectivity index is 1.60. The molecular weight excluding hydrogens is 328 g/mol. The average molecular weight is 358 g/mol. The van der Waals surface area contributed by atoms with E-state index in [0.717, 1.165) is 42.6 Å². The molecule has 2 aliphatic heterocycles. The summed E-state index contributed by atoms with van der Waals surface area (Å²) in [5.41, 5.74) is 1.06. The minimum absolute atomic E-state index is 0.177. The largest absolute Gasteiger partial charge is 0.367 e. The highest BCUT2D eigenvalue weighted by Crippen LogP contribution is 2.31. The summed E-state index contributed by atoms with van der Waals surface area (Å²) in [6.45, 7) is 5.16. The van der Waals surface area contributed by atoms with E-state index in [0.29, 0.717) is 19.1 Å². The monoisotopic (exact) mass is 358 g/mol. The van der Waals surface area contributed by atoms with Crippen LogP contribution in [0.4, 0.5) is 11.6 Å². The van der Waals surface area contributed by atoms with Gasteiger partial charge < -0.3 is 20.4 Å². The summed E-state index contributed by atoms with van der Waals surface area (Å²) in [6, 6.07) is 0.737. The lowest BCUT2D eigenvalue weighted by molar-refractivity contribution is -0.132. The Kier molecular flexibility index (Phi) is 4.98. The van der Waals surface area contributed by atoms with Crippen molar-refractivity contribution >= 4 is 17.5 Å². The van der Waals surface area contributed by atoms with E-state index in [1.165, 1.54) is 25.7 Å². The Hall–Kier alpha value is -1.89. The molecule has 1 aliphatic carbocycles. The van der Waals surface area contributed by atoms with Crippen LogP contribution in [-0.4, -0.2) is 59.5 Å². The molecule has 1 saturated heterocycles. The molecule has 1 atom stereocenters. The maximum Gasteiger partial charge on any atom is 0.242 e. The maximum atomic E-state index is 12.8. The molecule has 1 aromatic rings. The fourth-order valence-corrected chi connectivity index (χ4v) is 4.47. The highest BCUT2D eigenvalue weighted by molar-refractivity contribution is 5.84. The molecule has 0 radical (unpaired) electrons. The van der Waals surface area contributed by atoms with Crippen LogP contribution in [0.1, 0.15) is 44.6 Å². The lowest BCUT2D eigenvalue weighted by Crippen LogP contribution is -2.43. The lowest BCUT2D eigenvalue weighted by atomic mass is 9.87. The average Bonchev–Trinajstić information content (AvgIpc) is 3.12. The predicted molar refractivity (Wildman–Crippen MR) is 102 cm³/mol. The number of aromatic nitrogens is 2. The molecule has 1 aromatic heterocycles. The molecular formula is C19H30N6O. The van der Waals surface area contributed by atoms with Crippen LogP contribution in [0, 0.1) is 5.92 Å². The van der Waals surface area contributed by atoms with Crippen molar-refractivity contribution in [3.63, 3.8) is 0 Å². The second kappa shape index (κ2) is 7.39. The molecule has 0 aromatic carbocycles. The summed E-state index contributed by atoms with van der Waals surface area (Å²) in [7, 11) is 1.95. The van der Waals surface area contributed by atoms with Gasteiger partial charge in [0.2, 0.25) is 5.91 Å². The van der Waals surface area contributed by atoms with Gasteiger partial charge in [-0.05, 0) is 44.6 Å². The molecule has 4 rings (SSSR count). The Morgan fingerprint density at radius 3 is 2.69 bits per heavy atom. The molecule has 0 bridgehead atoms. The van der Waals surface area contributed by atoms with Crippen molar-refractivity contribution in [1.82, 2.24) is 20.2 Å². The van der Waals surface area contributed by atoms with E-state index >= 15 is 0 Å². The van der Waals surface area contributed by atoms with Crippen LogP contribution in [0.5, 0.6) is 0 Å². The Morgan fingerprint density at radius 1 is 1.15 bits per heavy atom. The van der Waals surface area contributed by atoms with Gasteiger partial charge >= 0.3 is 0 Å². The summed E-state index contributed by atoms with van der Waals surface area (Å²) in [6.07, 6.45) is 7.55. The first kappa shape index (κ1) is 17.5. The van der Waals surface area contributed by atoms with Gasteiger partial charge in [0, 0.05) is 25.7 Å². The number of carbonyl (C=O) groups is 1. The van der Waals surface area contributed by atoms with E-state index in [9.17, 15) is 4.79 Å². The minimum atomic E-state index is 0.177. The van der Waals surface area contributed by atoms with Crippen molar-refractivity contribution in [3.8, 4) is 0 Å². The van der Waals surface area contributed by atoms with Crippen LogP contribution in [0.25, 0.3) is 0 Å². The number of rotatable bonds is 3. The normalized spacial score (nSPS) is 29.5. The van der Waals surface area contributed by atoms with E-state index in [1.54, 1.807) is 6.33 Å². The van der Waals surface area contributed by atoms with E-state index in [2.05, 4.69) is 27.5 Å². The van der Waals surface area contributed by atoms with Crippen molar-refractivity contribution in [2.45, 2.75) is 57.7 Å². The number of likely N-dealkylation sites (N-methyl/N-ethyl adjacent to an activating group) is 1. The summed E-state index contributed by atoms with van der Waals surface area (Å²) >= 11 is 0. The highest BCUT2D eigenvalue weighted by atomic mass is 16.2. The Bertz CT molecular complexity index is 651. The molecule has 7 nitrogen and oxygen atoms in total. The van der Waals surface area contributed by atoms with Crippen molar-refractivity contribution in [3.05, 3.63) is 11.9 Å². The zero-order chi connectivity index (χ0) is 18.1. The van der Waals surface area contributed by atoms with Crippen LogP contribution in [0.3, 0.4) is 0 Å².